The first-order valence-corrected chi connectivity index (χ1v) is 6.07. The molecule has 5 nitrogen and oxygen atoms in total. The maximum Gasteiger partial charge on any atom is 0.407 e. The molecule has 1 aliphatic carbocycles. The summed E-state index contributed by atoms with van der Waals surface area (Å²) in [5, 5.41) is 12.0. The number of ether oxygens (including phenoxy) is 1. The summed E-state index contributed by atoms with van der Waals surface area (Å²) in [4.78, 5) is 22.8. The van der Waals surface area contributed by atoms with Gasteiger partial charge in [0.15, 0.2) is 0 Å². The van der Waals surface area contributed by atoms with E-state index in [0.717, 1.165) is 12.8 Å². The minimum atomic E-state index is -0.881. The first-order valence-electron chi connectivity index (χ1n) is 6.07. The average Bonchev–Trinajstić information content (AvgIpc) is 2.20. The van der Waals surface area contributed by atoms with Crippen molar-refractivity contribution in [3.63, 3.8) is 0 Å². The summed E-state index contributed by atoms with van der Waals surface area (Å²) in [6.45, 7) is 5.21. The van der Waals surface area contributed by atoms with Gasteiger partial charge >= 0.3 is 12.1 Å². The van der Waals surface area contributed by atoms with E-state index in [0.29, 0.717) is 12.8 Å². The fourth-order valence-electron chi connectivity index (χ4n) is 2.21. The average molecular weight is 243 g/mol. The van der Waals surface area contributed by atoms with E-state index in [4.69, 9.17) is 4.74 Å². The summed E-state index contributed by atoms with van der Waals surface area (Å²) in [6.07, 6.45) is 2.38. The number of alkyl carbamates (subject to hydrolysis) is 1. The highest BCUT2D eigenvalue weighted by molar-refractivity contribution is 5.77. The summed E-state index contributed by atoms with van der Waals surface area (Å²) < 4.78 is 4.98. The molecule has 2 atom stereocenters. The summed E-state index contributed by atoms with van der Waals surface area (Å²) in [5.41, 5.74) is -0.881. The minimum absolute atomic E-state index is 0.199. The third-order valence-corrected chi connectivity index (χ3v) is 3.33. The number of rotatable bonds is 3. The lowest BCUT2D eigenvalue weighted by atomic mass is 9.72. The molecule has 1 rings (SSSR count). The molecule has 2 N–H and O–H groups in total. The van der Waals surface area contributed by atoms with Crippen molar-refractivity contribution >= 4 is 12.1 Å². The molecule has 0 radical (unpaired) electrons. The summed E-state index contributed by atoms with van der Waals surface area (Å²) in [7, 11) is 0. The van der Waals surface area contributed by atoms with E-state index in [1.165, 1.54) is 0 Å². The molecule has 1 fully saturated rings. The summed E-state index contributed by atoms with van der Waals surface area (Å²) in [6, 6.07) is -0.347. The quantitative estimate of drug-likeness (QED) is 0.796. The molecule has 5 heteroatoms. The Morgan fingerprint density at radius 1 is 1.41 bits per heavy atom. The molecule has 0 aromatic rings. The Labute approximate surface area is 102 Å². The first-order chi connectivity index (χ1) is 7.86. The molecule has 0 heterocycles. The van der Waals surface area contributed by atoms with Gasteiger partial charge in [0.25, 0.3) is 0 Å². The highest BCUT2D eigenvalue weighted by Gasteiger charge is 2.44. The molecule has 0 aromatic carbocycles. The third-order valence-electron chi connectivity index (χ3n) is 3.33. The van der Waals surface area contributed by atoms with E-state index in [1.807, 2.05) is 0 Å². The van der Waals surface area contributed by atoms with E-state index in [1.54, 1.807) is 20.8 Å². The lowest BCUT2D eigenvalue weighted by Gasteiger charge is -2.38. The summed E-state index contributed by atoms with van der Waals surface area (Å²) in [5.74, 6) is -0.855. The number of carboxylic acid groups (broad SMARTS) is 1. The van der Waals surface area contributed by atoms with Crippen molar-refractivity contribution in [3.05, 3.63) is 0 Å². The number of nitrogens with one attached hydrogen (secondary N) is 1. The van der Waals surface area contributed by atoms with Crippen LogP contribution in [0.3, 0.4) is 0 Å². The van der Waals surface area contributed by atoms with Crippen LogP contribution < -0.4 is 5.32 Å². The maximum atomic E-state index is 11.5. The Hall–Kier alpha value is -1.26. The van der Waals surface area contributed by atoms with Crippen LogP contribution in [0.2, 0.25) is 0 Å². The highest BCUT2D eigenvalue weighted by Crippen LogP contribution is 2.36. The van der Waals surface area contributed by atoms with Gasteiger partial charge in [-0.3, -0.25) is 4.79 Å². The molecule has 0 spiro atoms. The number of aliphatic carboxylic acids is 1. The molecule has 17 heavy (non-hydrogen) atoms. The van der Waals surface area contributed by atoms with Crippen molar-refractivity contribution in [2.24, 2.45) is 5.41 Å². The molecule has 2 unspecified atom stereocenters. The van der Waals surface area contributed by atoms with Crippen LogP contribution in [0.5, 0.6) is 0 Å². The Morgan fingerprint density at radius 3 is 2.59 bits per heavy atom. The van der Waals surface area contributed by atoms with E-state index in [9.17, 15) is 14.7 Å². The monoisotopic (exact) mass is 243 g/mol. The molecule has 0 bridgehead atoms. The van der Waals surface area contributed by atoms with Crippen LogP contribution in [0.25, 0.3) is 0 Å². The van der Waals surface area contributed by atoms with Crippen LogP contribution in [0.15, 0.2) is 0 Å². The third kappa shape index (κ3) is 3.35. The number of carbonyl (C=O) groups excluding carboxylic acids is 1. The number of hydrogen-bond donors (Lipinski definition) is 2. The van der Waals surface area contributed by atoms with Crippen LogP contribution in [0, 0.1) is 5.41 Å². The Balaban J connectivity index is 2.66. The van der Waals surface area contributed by atoms with Gasteiger partial charge < -0.3 is 15.2 Å². The fraction of sp³-hybridized carbons (Fsp3) is 0.833. The van der Waals surface area contributed by atoms with Gasteiger partial charge in [-0.05, 0) is 33.6 Å². The number of amides is 1. The van der Waals surface area contributed by atoms with Crippen molar-refractivity contribution < 1.29 is 19.4 Å². The van der Waals surface area contributed by atoms with Crippen LogP contribution in [-0.4, -0.2) is 29.3 Å². The van der Waals surface area contributed by atoms with Crippen LogP contribution in [0.1, 0.15) is 46.5 Å². The predicted octanol–water partition coefficient (Wildman–Crippen LogP) is 2.15. The summed E-state index contributed by atoms with van der Waals surface area (Å²) >= 11 is 0. The largest absolute Gasteiger partial charge is 0.481 e. The zero-order valence-corrected chi connectivity index (χ0v) is 10.7. The predicted molar refractivity (Wildman–Crippen MR) is 62.8 cm³/mol. The second-order valence-corrected chi connectivity index (χ2v) is 5.12. The molecule has 0 aliphatic heterocycles. The van der Waals surface area contributed by atoms with Crippen molar-refractivity contribution in [1.82, 2.24) is 5.32 Å². The van der Waals surface area contributed by atoms with E-state index >= 15 is 0 Å². The Bertz CT molecular complexity index is 303. The molecule has 0 aromatic heterocycles. The van der Waals surface area contributed by atoms with E-state index in [-0.39, 0.29) is 12.1 Å². The van der Waals surface area contributed by atoms with Crippen molar-refractivity contribution in [2.75, 3.05) is 0 Å². The van der Waals surface area contributed by atoms with E-state index < -0.39 is 17.5 Å². The standard InChI is InChI=1S/C12H21NO4/c1-8(2)17-11(16)13-9-6-4-5-7-12(9,3)10(14)15/h8-9H,4-7H2,1-3H3,(H,13,16)(H,14,15). The van der Waals surface area contributed by atoms with Gasteiger partial charge in [0.2, 0.25) is 0 Å². The fourth-order valence-corrected chi connectivity index (χ4v) is 2.21. The van der Waals surface area contributed by atoms with Gasteiger partial charge in [-0.15, -0.1) is 0 Å². The molecular weight excluding hydrogens is 222 g/mol. The maximum absolute atomic E-state index is 11.5. The second kappa shape index (κ2) is 5.38. The number of carbonyl (C=O) groups is 2. The second-order valence-electron chi connectivity index (χ2n) is 5.12. The zero-order valence-electron chi connectivity index (χ0n) is 10.7. The molecule has 0 saturated heterocycles. The Morgan fingerprint density at radius 2 is 2.06 bits per heavy atom. The lowest BCUT2D eigenvalue weighted by molar-refractivity contribution is -0.151. The van der Waals surface area contributed by atoms with Gasteiger partial charge in [-0.1, -0.05) is 12.8 Å². The SMILES string of the molecule is CC(C)OC(=O)NC1CCCCC1(C)C(=O)O. The lowest BCUT2D eigenvalue weighted by Crippen LogP contribution is -2.52. The van der Waals surface area contributed by atoms with Crippen LogP contribution >= 0.6 is 0 Å². The van der Waals surface area contributed by atoms with Crippen LogP contribution in [0.4, 0.5) is 4.79 Å². The van der Waals surface area contributed by atoms with Gasteiger partial charge in [-0.25, -0.2) is 4.79 Å². The topological polar surface area (TPSA) is 75.6 Å². The normalized spacial score (nSPS) is 28.8. The van der Waals surface area contributed by atoms with Gasteiger partial charge in [-0.2, -0.15) is 0 Å². The highest BCUT2D eigenvalue weighted by atomic mass is 16.6. The minimum Gasteiger partial charge on any atom is -0.481 e. The first kappa shape index (κ1) is 13.8. The van der Waals surface area contributed by atoms with E-state index in [2.05, 4.69) is 5.32 Å². The molecule has 98 valence electrons. The molecule has 1 saturated carbocycles. The number of hydrogen-bond acceptors (Lipinski definition) is 3. The number of carboxylic acids is 1. The van der Waals surface area contributed by atoms with Gasteiger partial charge in [0.1, 0.15) is 0 Å². The Kier molecular flexibility index (Phi) is 4.37. The van der Waals surface area contributed by atoms with Gasteiger partial charge in [0.05, 0.1) is 11.5 Å². The molecule has 1 amide bonds. The van der Waals surface area contributed by atoms with Crippen LogP contribution in [-0.2, 0) is 9.53 Å². The molecule has 1 aliphatic rings. The van der Waals surface area contributed by atoms with Crippen molar-refractivity contribution in [2.45, 2.75) is 58.6 Å². The van der Waals surface area contributed by atoms with Crippen molar-refractivity contribution in [1.29, 1.82) is 0 Å². The molecular formula is C12H21NO4. The smallest absolute Gasteiger partial charge is 0.407 e. The zero-order chi connectivity index (χ0) is 13.1. The van der Waals surface area contributed by atoms with Crippen molar-refractivity contribution in [3.8, 4) is 0 Å². The van der Waals surface area contributed by atoms with Gasteiger partial charge in [0, 0.05) is 6.04 Å².